The average molecular weight is 253 g/mol. The highest BCUT2D eigenvalue weighted by atomic mass is 16.5. The Morgan fingerprint density at radius 1 is 1.61 bits per heavy atom. The van der Waals surface area contributed by atoms with Crippen LogP contribution >= 0.6 is 0 Å². The topological polar surface area (TPSA) is 48.3 Å². The number of rotatable bonds is 6. The van der Waals surface area contributed by atoms with Gasteiger partial charge in [0.15, 0.2) is 0 Å². The summed E-state index contributed by atoms with van der Waals surface area (Å²) in [7, 11) is 3.89. The first kappa shape index (κ1) is 15.4. The molecule has 3 unspecified atom stereocenters. The first-order valence-corrected chi connectivity index (χ1v) is 6.95. The molecule has 0 heterocycles. The van der Waals surface area contributed by atoms with E-state index >= 15 is 0 Å². The van der Waals surface area contributed by atoms with Crippen LogP contribution in [0.2, 0.25) is 0 Å². The van der Waals surface area contributed by atoms with E-state index in [0.29, 0.717) is 12.1 Å². The highest BCUT2D eigenvalue weighted by Crippen LogP contribution is 2.31. The van der Waals surface area contributed by atoms with Crippen molar-refractivity contribution in [2.75, 3.05) is 27.3 Å². The summed E-state index contributed by atoms with van der Waals surface area (Å²) in [6.45, 7) is 5.85. The summed E-state index contributed by atoms with van der Waals surface area (Å²) in [6.07, 6.45) is 4.19. The third kappa shape index (κ3) is 3.68. The summed E-state index contributed by atoms with van der Waals surface area (Å²) in [5, 5.41) is 12.8. The van der Waals surface area contributed by atoms with Gasteiger partial charge >= 0.3 is 0 Å². The zero-order valence-electron chi connectivity index (χ0n) is 12.2. The third-order valence-electron chi connectivity index (χ3n) is 4.13. The highest BCUT2D eigenvalue weighted by Gasteiger charge is 2.37. The molecule has 104 valence electrons. The van der Waals surface area contributed by atoms with Gasteiger partial charge in [0, 0.05) is 19.2 Å². The fraction of sp³-hybridized carbons (Fsp3) is 0.929. The molecule has 0 bridgehead atoms. The highest BCUT2D eigenvalue weighted by molar-refractivity contribution is 5.11. The lowest BCUT2D eigenvalue weighted by Gasteiger charge is -2.42. The number of nitriles is 1. The average Bonchev–Trinajstić information content (AvgIpc) is 2.38. The van der Waals surface area contributed by atoms with Crippen molar-refractivity contribution < 1.29 is 4.74 Å². The van der Waals surface area contributed by atoms with Gasteiger partial charge in [0.05, 0.1) is 12.7 Å². The molecule has 1 rings (SSSR count). The molecule has 3 atom stereocenters. The van der Waals surface area contributed by atoms with Crippen LogP contribution in [0.5, 0.6) is 0 Å². The molecule has 0 aliphatic heterocycles. The number of nitrogens with zero attached hydrogens (tertiary/aromatic N) is 2. The van der Waals surface area contributed by atoms with Crippen molar-refractivity contribution in [2.24, 2.45) is 0 Å². The number of ether oxygens (including phenoxy) is 1. The van der Waals surface area contributed by atoms with Gasteiger partial charge in [-0.25, -0.2) is 0 Å². The number of methoxy groups -OCH3 is 1. The van der Waals surface area contributed by atoms with E-state index in [9.17, 15) is 5.26 Å². The summed E-state index contributed by atoms with van der Waals surface area (Å²) in [5.41, 5.74) is -0.321. The fourth-order valence-corrected chi connectivity index (χ4v) is 2.95. The molecule has 0 aromatic heterocycles. The zero-order valence-corrected chi connectivity index (χ0v) is 12.2. The van der Waals surface area contributed by atoms with Crippen LogP contribution in [0.4, 0.5) is 0 Å². The largest absolute Gasteiger partial charge is 0.383 e. The predicted octanol–water partition coefficient (Wildman–Crippen LogP) is 1.77. The van der Waals surface area contributed by atoms with Gasteiger partial charge in [-0.1, -0.05) is 6.92 Å². The fourth-order valence-electron chi connectivity index (χ4n) is 2.95. The molecule has 4 heteroatoms. The van der Waals surface area contributed by atoms with Crippen LogP contribution < -0.4 is 5.32 Å². The maximum Gasteiger partial charge on any atom is 0.108 e. The molecule has 1 aliphatic carbocycles. The van der Waals surface area contributed by atoms with Crippen molar-refractivity contribution in [3.05, 3.63) is 0 Å². The lowest BCUT2D eigenvalue weighted by atomic mass is 9.79. The first-order chi connectivity index (χ1) is 8.58. The van der Waals surface area contributed by atoms with E-state index in [1.165, 1.54) is 6.42 Å². The van der Waals surface area contributed by atoms with Crippen LogP contribution in [-0.2, 0) is 4.74 Å². The van der Waals surface area contributed by atoms with Crippen LogP contribution in [0.1, 0.15) is 39.5 Å². The Hall–Kier alpha value is -0.630. The Kier molecular flexibility index (Phi) is 6.07. The Bertz CT molecular complexity index is 285. The van der Waals surface area contributed by atoms with Gasteiger partial charge < -0.3 is 4.74 Å². The minimum atomic E-state index is -0.321. The van der Waals surface area contributed by atoms with E-state index in [1.807, 2.05) is 0 Å². The molecule has 0 amide bonds. The molecular formula is C14H27N3O. The molecule has 1 fully saturated rings. The third-order valence-corrected chi connectivity index (χ3v) is 4.13. The smallest absolute Gasteiger partial charge is 0.108 e. The Balaban J connectivity index is 2.65. The second-order valence-corrected chi connectivity index (χ2v) is 5.44. The minimum absolute atomic E-state index is 0.321. The molecule has 0 radical (unpaired) electrons. The van der Waals surface area contributed by atoms with Gasteiger partial charge in [0.2, 0.25) is 0 Å². The number of nitrogens with one attached hydrogen (secondary N) is 1. The van der Waals surface area contributed by atoms with E-state index in [1.54, 1.807) is 7.11 Å². The van der Waals surface area contributed by atoms with Gasteiger partial charge in [-0.15, -0.1) is 0 Å². The summed E-state index contributed by atoms with van der Waals surface area (Å²) < 4.78 is 5.22. The zero-order chi connectivity index (χ0) is 13.6. The molecule has 1 N–H and O–H groups in total. The van der Waals surface area contributed by atoms with Crippen LogP contribution in [0, 0.1) is 11.3 Å². The van der Waals surface area contributed by atoms with Crippen LogP contribution in [0.3, 0.4) is 0 Å². The molecule has 18 heavy (non-hydrogen) atoms. The summed E-state index contributed by atoms with van der Waals surface area (Å²) in [6, 6.07) is 3.38. The van der Waals surface area contributed by atoms with Gasteiger partial charge in [-0.05, 0) is 46.2 Å². The van der Waals surface area contributed by atoms with Gasteiger partial charge in [-0.2, -0.15) is 5.26 Å². The Morgan fingerprint density at radius 2 is 2.33 bits per heavy atom. The minimum Gasteiger partial charge on any atom is -0.383 e. The lowest BCUT2D eigenvalue weighted by molar-refractivity contribution is 0.0621. The SMILES string of the molecule is CCNC1(C#N)CCCC(N(C)C(C)COC)C1. The van der Waals surface area contributed by atoms with Crippen LogP contribution in [0.15, 0.2) is 0 Å². The van der Waals surface area contributed by atoms with E-state index in [2.05, 4.69) is 37.2 Å². The second-order valence-electron chi connectivity index (χ2n) is 5.44. The lowest BCUT2D eigenvalue weighted by Crippen LogP contribution is -2.53. The molecular weight excluding hydrogens is 226 g/mol. The quantitative estimate of drug-likeness (QED) is 0.783. The summed E-state index contributed by atoms with van der Waals surface area (Å²) in [4.78, 5) is 2.37. The van der Waals surface area contributed by atoms with E-state index in [-0.39, 0.29) is 5.54 Å². The molecule has 0 saturated heterocycles. The monoisotopic (exact) mass is 253 g/mol. The molecule has 0 aromatic carbocycles. The first-order valence-electron chi connectivity index (χ1n) is 6.95. The maximum atomic E-state index is 9.46. The summed E-state index contributed by atoms with van der Waals surface area (Å²) in [5.74, 6) is 0. The molecule has 4 nitrogen and oxygen atoms in total. The van der Waals surface area contributed by atoms with Gasteiger partial charge in [0.1, 0.15) is 5.54 Å². The molecule has 0 spiro atoms. The van der Waals surface area contributed by atoms with Crippen molar-refractivity contribution in [1.29, 1.82) is 5.26 Å². The van der Waals surface area contributed by atoms with Crippen LogP contribution in [0.25, 0.3) is 0 Å². The van der Waals surface area contributed by atoms with Crippen molar-refractivity contribution in [3.8, 4) is 6.07 Å². The normalized spacial score (nSPS) is 30.1. The van der Waals surface area contributed by atoms with Gasteiger partial charge in [-0.3, -0.25) is 10.2 Å². The maximum absolute atomic E-state index is 9.46. The van der Waals surface area contributed by atoms with E-state index in [4.69, 9.17) is 4.74 Å². The van der Waals surface area contributed by atoms with Crippen molar-refractivity contribution in [3.63, 3.8) is 0 Å². The van der Waals surface area contributed by atoms with Crippen molar-refractivity contribution in [2.45, 2.75) is 57.2 Å². The Labute approximate surface area is 111 Å². The van der Waals surface area contributed by atoms with E-state index < -0.39 is 0 Å². The van der Waals surface area contributed by atoms with Crippen molar-refractivity contribution in [1.82, 2.24) is 10.2 Å². The number of likely N-dealkylation sites (N-methyl/N-ethyl adjacent to an activating group) is 1. The second kappa shape index (κ2) is 7.08. The van der Waals surface area contributed by atoms with Gasteiger partial charge in [0.25, 0.3) is 0 Å². The number of hydrogen-bond acceptors (Lipinski definition) is 4. The van der Waals surface area contributed by atoms with Crippen molar-refractivity contribution >= 4 is 0 Å². The molecule has 0 aromatic rings. The standard InChI is InChI=1S/C14H27N3O/c1-5-16-14(11-15)8-6-7-13(9-14)17(3)12(2)10-18-4/h12-13,16H,5-10H2,1-4H3. The predicted molar refractivity (Wildman–Crippen MR) is 73.4 cm³/mol. The Morgan fingerprint density at radius 3 is 2.89 bits per heavy atom. The summed E-state index contributed by atoms with van der Waals surface area (Å²) >= 11 is 0. The van der Waals surface area contributed by atoms with Crippen LogP contribution in [-0.4, -0.2) is 49.8 Å². The molecule has 1 aliphatic rings. The number of hydrogen-bond donors (Lipinski definition) is 1. The van der Waals surface area contributed by atoms with E-state index in [0.717, 1.165) is 32.4 Å². The molecule has 1 saturated carbocycles.